The SMILES string of the molecule is CC[N+](O)=CCC[P+](=O)O.[H-].[Na+]. The van der Waals surface area contributed by atoms with Crippen molar-refractivity contribution in [2.45, 2.75) is 13.3 Å². The number of rotatable bonds is 4. The first kappa shape index (κ1) is 14.1. The number of hydrogen-bond acceptors (Lipinski definition) is 2. The maximum Gasteiger partial charge on any atom is 1.00 e. The van der Waals surface area contributed by atoms with Crippen molar-refractivity contribution in [3.05, 3.63) is 0 Å². The average molecular weight is 189 g/mol. The second kappa shape index (κ2) is 8.62. The normalized spacial score (nSPS) is 12.2. The van der Waals surface area contributed by atoms with Crippen LogP contribution >= 0.6 is 8.03 Å². The molecule has 1 unspecified atom stereocenters. The van der Waals surface area contributed by atoms with Crippen molar-refractivity contribution in [3.63, 3.8) is 0 Å². The predicted molar refractivity (Wildman–Crippen MR) is 39.1 cm³/mol. The van der Waals surface area contributed by atoms with Crippen LogP contribution in [0.1, 0.15) is 14.8 Å². The van der Waals surface area contributed by atoms with Crippen molar-refractivity contribution in [1.82, 2.24) is 0 Å². The molecule has 0 aromatic carbocycles. The zero-order valence-electron chi connectivity index (χ0n) is 7.90. The fourth-order valence-corrected chi connectivity index (χ4v) is 0.783. The van der Waals surface area contributed by atoms with Gasteiger partial charge in [0.15, 0.2) is 18.9 Å². The second-order valence-corrected chi connectivity index (χ2v) is 2.95. The minimum Gasteiger partial charge on any atom is -1.00 e. The van der Waals surface area contributed by atoms with Gasteiger partial charge in [0.1, 0.15) is 0 Å². The maximum absolute atomic E-state index is 10.1. The van der Waals surface area contributed by atoms with E-state index in [4.69, 9.17) is 10.1 Å². The van der Waals surface area contributed by atoms with Gasteiger partial charge in [0.25, 0.3) is 0 Å². The van der Waals surface area contributed by atoms with Gasteiger partial charge in [0.2, 0.25) is 0 Å². The molecule has 4 nitrogen and oxygen atoms in total. The fraction of sp³-hybridized carbons (Fsp3) is 0.800. The van der Waals surface area contributed by atoms with Crippen molar-refractivity contribution < 1.29 is 50.4 Å². The molecule has 0 aromatic rings. The molecule has 1 atom stereocenters. The van der Waals surface area contributed by atoms with Gasteiger partial charge in [-0.25, -0.2) is 0 Å². The van der Waals surface area contributed by atoms with Crippen LogP contribution in [0.3, 0.4) is 0 Å². The molecule has 0 aliphatic rings. The van der Waals surface area contributed by atoms with Gasteiger partial charge >= 0.3 is 37.6 Å². The van der Waals surface area contributed by atoms with E-state index in [1.165, 1.54) is 6.21 Å². The minimum absolute atomic E-state index is 0. The van der Waals surface area contributed by atoms with Gasteiger partial charge in [-0.15, -0.1) is 0 Å². The van der Waals surface area contributed by atoms with Crippen LogP contribution in [0, 0.1) is 0 Å². The summed E-state index contributed by atoms with van der Waals surface area (Å²) in [6.07, 6.45) is 2.14. The van der Waals surface area contributed by atoms with E-state index in [0.717, 1.165) is 4.74 Å². The van der Waals surface area contributed by atoms with E-state index < -0.39 is 8.03 Å². The zero-order chi connectivity index (χ0) is 7.98. The van der Waals surface area contributed by atoms with Crippen molar-refractivity contribution >= 4 is 14.2 Å². The molecule has 0 amide bonds. The van der Waals surface area contributed by atoms with E-state index >= 15 is 0 Å². The Morgan fingerprint density at radius 2 is 2.27 bits per heavy atom. The summed E-state index contributed by atoms with van der Waals surface area (Å²) in [6.45, 7) is 2.29. The van der Waals surface area contributed by atoms with Crippen LogP contribution in [0.4, 0.5) is 0 Å². The van der Waals surface area contributed by atoms with Crippen LogP contribution in [-0.2, 0) is 4.57 Å². The Labute approximate surface area is 90.5 Å². The molecule has 60 valence electrons. The summed E-state index contributed by atoms with van der Waals surface area (Å²) in [7, 11) is -2.06. The Morgan fingerprint density at radius 1 is 1.73 bits per heavy atom. The molecule has 0 radical (unpaired) electrons. The molecular weight excluding hydrogens is 176 g/mol. The summed E-state index contributed by atoms with van der Waals surface area (Å²) in [5.41, 5.74) is 0. The second-order valence-electron chi connectivity index (χ2n) is 1.80. The van der Waals surface area contributed by atoms with E-state index in [1.54, 1.807) is 6.92 Å². The Bertz CT molecular complexity index is 156. The molecule has 0 aromatic heterocycles. The van der Waals surface area contributed by atoms with Crippen molar-refractivity contribution in [1.29, 1.82) is 0 Å². The average Bonchev–Trinajstić information content (AvgIpc) is 1.87. The monoisotopic (exact) mass is 189 g/mol. The van der Waals surface area contributed by atoms with E-state index in [2.05, 4.69) is 0 Å². The third-order valence-electron chi connectivity index (χ3n) is 0.984. The summed E-state index contributed by atoms with van der Waals surface area (Å²) < 4.78 is 11.1. The quantitative estimate of drug-likeness (QED) is 0.131. The summed E-state index contributed by atoms with van der Waals surface area (Å²) >= 11 is 0. The maximum atomic E-state index is 10.1. The zero-order valence-corrected chi connectivity index (χ0v) is 9.79. The van der Waals surface area contributed by atoms with Crippen LogP contribution in [0.15, 0.2) is 0 Å². The van der Waals surface area contributed by atoms with Crippen molar-refractivity contribution in [2.75, 3.05) is 12.7 Å². The first-order chi connectivity index (χ1) is 4.66. The van der Waals surface area contributed by atoms with Crippen molar-refractivity contribution in [3.8, 4) is 0 Å². The summed E-state index contributed by atoms with van der Waals surface area (Å²) in [6, 6.07) is 0. The van der Waals surface area contributed by atoms with E-state index in [1.807, 2.05) is 0 Å². The number of hydrogen-bond donors (Lipinski definition) is 2. The molecule has 0 saturated carbocycles. The molecule has 0 fully saturated rings. The summed E-state index contributed by atoms with van der Waals surface area (Å²) in [5.74, 6) is 0. The van der Waals surface area contributed by atoms with Crippen LogP contribution in [-0.4, -0.2) is 33.8 Å². The van der Waals surface area contributed by atoms with Crippen LogP contribution in [0.25, 0.3) is 0 Å². The first-order valence-electron chi connectivity index (χ1n) is 3.09. The Hall–Kier alpha value is 0.530. The van der Waals surface area contributed by atoms with Gasteiger partial charge in [-0.2, -0.15) is 4.89 Å². The molecular formula is C5H13NNaO3P+2. The molecule has 0 saturated heterocycles. The largest absolute Gasteiger partial charge is 1.00 e. The van der Waals surface area contributed by atoms with Gasteiger partial charge < -0.3 is 1.43 Å². The molecule has 0 aliphatic heterocycles. The summed E-state index contributed by atoms with van der Waals surface area (Å²) in [4.78, 5) is 8.33. The third kappa shape index (κ3) is 10.5. The Balaban J connectivity index is -0.000000405. The fourth-order valence-electron chi connectivity index (χ4n) is 0.446. The summed E-state index contributed by atoms with van der Waals surface area (Å²) in [5, 5.41) is 8.77. The smallest absolute Gasteiger partial charge is 1.00 e. The van der Waals surface area contributed by atoms with Gasteiger partial charge in [0.05, 0.1) is 6.42 Å². The van der Waals surface area contributed by atoms with Gasteiger partial charge in [0, 0.05) is 0 Å². The van der Waals surface area contributed by atoms with Gasteiger partial charge in [-0.3, -0.25) is 5.21 Å². The first-order valence-corrected chi connectivity index (χ1v) is 4.49. The Morgan fingerprint density at radius 3 is 2.64 bits per heavy atom. The molecule has 11 heavy (non-hydrogen) atoms. The molecule has 0 bridgehead atoms. The number of hydroxylamine groups is 1. The standard InChI is InChI=1S/C5H11NO3P.Na.H/c1-2-6(7)4-3-5-10(8)9;;/h4H,2-3,5H2,1H3,(H-,7,8,9);;/q2*+1;-1/p+1. The van der Waals surface area contributed by atoms with Crippen LogP contribution < -0.4 is 29.6 Å². The molecule has 0 rings (SSSR count). The molecule has 2 N–H and O–H groups in total. The molecule has 0 aliphatic carbocycles. The predicted octanol–water partition coefficient (Wildman–Crippen LogP) is -2.28. The number of nitrogens with zero attached hydrogens (tertiary/aromatic N) is 1. The van der Waals surface area contributed by atoms with E-state index in [-0.39, 0.29) is 37.1 Å². The van der Waals surface area contributed by atoms with Crippen LogP contribution in [0.5, 0.6) is 0 Å². The minimum atomic E-state index is -2.06. The molecule has 0 spiro atoms. The van der Waals surface area contributed by atoms with Gasteiger partial charge in [-0.1, -0.05) is 0 Å². The van der Waals surface area contributed by atoms with Gasteiger partial charge in [-0.05, 0) is 16.2 Å². The van der Waals surface area contributed by atoms with Crippen LogP contribution in [0.2, 0.25) is 0 Å². The molecule has 6 heteroatoms. The Kier molecular flexibility index (Phi) is 11.0. The third-order valence-corrected chi connectivity index (χ3v) is 1.63. The topological polar surface area (TPSA) is 60.5 Å². The van der Waals surface area contributed by atoms with Crippen molar-refractivity contribution in [2.24, 2.45) is 0 Å². The molecule has 0 heterocycles. The van der Waals surface area contributed by atoms with E-state index in [0.29, 0.717) is 13.0 Å². The van der Waals surface area contributed by atoms with E-state index in [9.17, 15) is 4.57 Å².